The van der Waals surface area contributed by atoms with Gasteiger partial charge in [0.1, 0.15) is 0 Å². The van der Waals surface area contributed by atoms with Crippen LogP contribution < -0.4 is 5.32 Å². The van der Waals surface area contributed by atoms with Crippen molar-refractivity contribution in [2.75, 3.05) is 13.1 Å². The lowest BCUT2D eigenvalue weighted by Crippen LogP contribution is -2.15. The van der Waals surface area contributed by atoms with Gasteiger partial charge in [0.05, 0.1) is 11.7 Å². The topological polar surface area (TPSA) is 29.9 Å². The molecule has 4 heteroatoms. The molecule has 2 aromatic rings. The first-order chi connectivity index (χ1) is 9.16. The summed E-state index contributed by atoms with van der Waals surface area (Å²) in [6.45, 7) is 6.39. The number of aromatic nitrogens is 2. The van der Waals surface area contributed by atoms with Crippen LogP contribution in [-0.4, -0.2) is 22.9 Å². The van der Waals surface area contributed by atoms with Crippen molar-refractivity contribution in [2.24, 2.45) is 0 Å². The number of halogens is 1. The van der Waals surface area contributed by atoms with Crippen molar-refractivity contribution in [3.8, 4) is 11.1 Å². The van der Waals surface area contributed by atoms with Crippen molar-refractivity contribution in [3.05, 3.63) is 40.1 Å². The highest BCUT2D eigenvalue weighted by Crippen LogP contribution is 2.31. The fourth-order valence-corrected chi connectivity index (χ4v) is 3.33. The van der Waals surface area contributed by atoms with Crippen molar-refractivity contribution in [1.82, 2.24) is 15.1 Å². The molecule has 1 aromatic heterocycles. The van der Waals surface area contributed by atoms with Gasteiger partial charge < -0.3 is 5.32 Å². The third-order valence-corrected chi connectivity index (χ3v) is 4.31. The molecule has 0 amide bonds. The molecule has 0 saturated carbocycles. The molecular weight excluding hydrogens is 302 g/mol. The van der Waals surface area contributed by atoms with Crippen LogP contribution in [0.5, 0.6) is 0 Å². The molecule has 19 heavy (non-hydrogen) atoms. The summed E-state index contributed by atoms with van der Waals surface area (Å²) in [5, 5.41) is 8.17. The van der Waals surface area contributed by atoms with Gasteiger partial charge in [-0.25, -0.2) is 0 Å². The van der Waals surface area contributed by atoms with Crippen LogP contribution in [0.2, 0.25) is 0 Å². The molecule has 2 heterocycles. The molecule has 1 atom stereocenters. The van der Waals surface area contributed by atoms with E-state index < -0.39 is 0 Å². The van der Waals surface area contributed by atoms with Gasteiger partial charge in [-0.05, 0) is 44.5 Å². The lowest BCUT2D eigenvalue weighted by Gasteiger charge is -2.12. The summed E-state index contributed by atoms with van der Waals surface area (Å²) in [5.41, 5.74) is 4.89. The maximum Gasteiger partial charge on any atom is 0.0675 e. The summed E-state index contributed by atoms with van der Waals surface area (Å²) in [6, 6.07) is 8.94. The Balaban J connectivity index is 2.07. The van der Waals surface area contributed by atoms with Crippen LogP contribution in [0.25, 0.3) is 11.1 Å². The number of nitrogens with one attached hydrogen (secondary N) is 1. The van der Waals surface area contributed by atoms with Gasteiger partial charge in [0.15, 0.2) is 0 Å². The predicted molar refractivity (Wildman–Crippen MR) is 81.4 cm³/mol. The fraction of sp³-hybridized carbons (Fsp3) is 0.400. The molecule has 0 radical (unpaired) electrons. The average Bonchev–Trinajstić information content (AvgIpc) is 2.97. The van der Waals surface area contributed by atoms with E-state index in [1.807, 2.05) is 0 Å². The van der Waals surface area contributed by atoms with E-state index in [4.69, 9.17) is 5.10 Å². The van der Waals surface area contributed by atoms with Crippen molar-refractivity contribution >= 4 is 15.9 Å². The zero-order valence-corrected chi connectivity index (χ0v) is 12.9. The van der Waals surface area contributed by atoms with Crippen molar-refractivity contribution < 1.29 is 0 Å². The summed E-state index contributed by atoms with van der Waals surface area (Å²) < 4.78 is 3.31. The van der Waals surface area contributed by atoms with Gasteiger partial charge in [-0.2, -0.15) is 5.10 Å². The number of aryl methyl sites for hydroxylation is 1. The molecule has 1 N–H and O–H groups in total. The molecule has 0 aliphatic carbocycles. The Labute approximate surface area is 122 Å². The van der Waals surface area contributed by atoms with Crippen molar-refractivity contribution in [3.63, 3.8) is 0 Å². The Kier molecular flexibility index (Phi) is 3.46. The van der Waals surface area contributed by atoms with Gasteiger partial charge >= 0.3 is 0 Å². The largest absolute Gasteiger partial charge is 0.315 e. The summed E-state index contributed by atoms with van der Waals surface area (Å²) in [6.07, 6.45) is 1.17. The molecule has 1 aromatic carbocycles. The highest BCUT2D eigenvalue weighted by atomic mass is 79.9. The lowest BCUT2D eigenvalue weighted by molar-refractivity contribution is 0.477. The van der Waals surface area contributed by atoms with Crippen molar-refractivity contribution in [2.45, 2.75) is 26.3 Å². The maximum absolute atomic E-state index is 4.76. The Morgan fingerprint density at radius 1 is 1.37 bits per heavy atom. The zero-order valence-electron chi connectivity index (χ0n) is 11.3. The molecule has 1 unspecified atom stereocenters. The van der Waals surface area contributed by atoms with E-state index in [2.05, 4.69) is 64.0 Å². The smallest absolute Gasteiger partial charge is 0.0675 e. The Morgan fingerprint density at radius 3 is 2.89 bits per heavy atom. The van der Waals surface area contributed by atoms with Crippen LogP contribution in [0.3, 0.4) is 0 Å². The molecule has 0 bridgehead atoms. The summed E-state index contributed by atoms with van der Waals surface area (Å²) >= 11 is 3.54. The van der Waals surface area contributed by atoms with Gasteiger partial charge in [-0.1, -0.05) is 28.1 Å². The molecular formula is C15H18BrN3. The predicted octanol–water partition coefficient (Wildman–Crippen LogP) is 3.46. The standard InChI is InChI=1S/C15H18BrN3/c1-10-15(12-4-3-5-13(16)8-12)11(2)19(18-10)14-6-7-17-9-14/h3-5,8,14,17H,6-7,9H2,1-2H3. The molecule has 3 nitrogen and oxygen atoms in total. The first kappa shape index (κ1) is 12.9. The van der Waals surface area contributed by atoms with Crippen LogP contribution in [0.1, 0.15) is 23.9 Å². The average molecular weight is 320 g/mol. The van der Waals surface area contributed by atoms with E-state index in [1.54, 1.807) is 0 Å². The monoisotopic (exact) mass is 319 g/mol. The van der Waals surface area contributed by atoms with Gasteiger partial charge in [0.25, 0.3) is 0 Å². The highest BCUT2D eigenvalue weighted by molar-refractivity contribution is 9.10. The second-order valence-corrected chi connectivity index (χ2v) is 6.06. The van der Waals surface area contributed by atoms with Crippen LogP contribution in [0, 0.1) is 13.8 Å². The Bertz CT molecular complexity index is 597. The third-order valence-electron chi connectivity index (χ3n) is 3.82. The summed E-state index contributed by atoms with van der Waals surface area (Å²) in [4.78, 5) is 0. The second-order valence-electron chi connectivity index (χ2n) is 5.15. The minimum absolute atomic E-state index is 0.500. The van der Waals surface area contributed by atoms with Crippen LogP contribution in [-0.2, 0) is 0 Å². The minimum atomic E-state index is 0.500. The lowest BCUT2D eigenvalue weighted by atomic mass is 10.0. The molecule has 1 aliphatic rings. The molecule has 1 fully saturated rings. The number of hydrogen-bond donors (Lipinski definition) is 1. The van der Waals surface area contributed by atoms with Gasteiger partial charge in [0.2, 0.25) is 0 Å². The van der Waals surface area contributed by atoms with Gasteiger partial charge in [-0.15, -0.1) is 0 Å². The zero-order chi connectivity index (χ0) is 13.4. The molecule has 100 valence electrons. The van der Waals surface area contributed by atoms with E-state index in [1.165, 1.54) is 23.2 Å². The molecule has 1 saturated heterocycles. The van der Waals surface area contributed by atoms with E-state index in [0.29, 0.717) is 6.04 Å². The molecule has 0 spiro atoms. The van der Waals surface area contributed by atoms with Crippen molar-refractivity contribution in [1.29, 1.82) is 0 Å². The van der Waals surface area contributed by atoms with E-state index in [9.17, 15) is 0 Å². The summed E-state index contributed by atoms with van der Waals surface area (Å²) in [7, 11) is 0. The first-order valence-corrected chi connectivity index (χ1v) is 7.48. The van der Waals surface area contributed by atoms with Crippen LogP contribution >= 0.6 is 15.9 Å². The van der Waals surface area contributed by atoms with E-state index in [-0.39, 0.29) is 0 Å². The second kappa shape index (κ2) is 5.10. The Morgan fingerprint density at radius 2 is 2.21 bits per heavy atom. The first-order valence-electron chi connectivity index (χ1n) is 6.69. The van der Waals surface area contributed by atoms with E-state index in [0.717, 1.165) is 23.3 Å². The normalized spacial score (nSPS) is 19.0. The number of rotatable bonds is 2. The van der Waals surface area contributed by atoms with Gasteiger partial charge in [0, 0.05) is 22.3 Å². The highest BCUT2D eigenvalue weighted by Gasteiger charge is 2.22. The van der Waals surface area contributed by atoms with E-state index >= 15 is 0 Å². The third kappa shape index (κ3) is 2.35. The summed E-state index contributed by atoms with van der Waals surface area (Å²) in [5.74, 6) is 0. The van der Waals surface area contributed by atoms with Crippen LogP contribution in [0.15, 0.2) is 28.7 Å². The molecule has 1 aliphatic heterocycles. The number of benzene rings is 1. The SMILES string of the molecule is Cc1nn(C2CCNC2)c(C)c1-c1cccc(Br)c1. The molecule has 3 rings (SSSR count). The number of nitrogens with zero attached hydrogens (tertiary/aromatic N) is 2. The van der Waals surface area contributed by atoms with Crippen LogP contribution in [0.4, 0.5) is 0 Å². The van der Waals surface area contributed by atoms with Gasteiger partial charge in [-0.3, -0.25) is 4.68 Å². The minimum Gasteiger partial charge on any atom is -0.315 e. The number of hydrogen-bond acceptors (Lipinski definition) is 2. The fourth-order valence-electron chi connectivity index (χ4n) is 2.93. The Hall–Kier alpha value is -1.13. The maximum atomic E-state index is 4.76. The quantitative estimate of drug-likeness (QED) is 0.918.